The van der Waals surface area contributed by atoms with Gasteiger partial charge in [-0.3, -0.25) is 29.0 Å². The summed E-state index contributed by atoms with van der Waals surface area (Å²) in [5.74, 6) is -1.30. The van der Waals surface area contributed by atoms with Crippen LogP contribution in [0.3, 0.4) is 0 Å². The molecule has 0 aromatic heterocycles. The second-order valence-electron chi connectivity index (χ2n) is 8.40. The Hall–Kier alpha value is -2.63. The number of imide groups is 1. The van der Waals surface area contributed by atoms with Crippen molar-refractivity contribution >= 4 is 29.9 Å². The lowest BCUT2D eigenvalue weighted by molar-refractivity contribution is -0.137. The second kappa shape index (κ2) is 17.8. The van der Waals surface area contributed by atoms with Crippen molar-refractivity contribution in [1.82, 2.24) is 20.4 Å². The van der Waals surface area contributed by atoms with Crippen molar-refractivity contribution in [3.8, 4) is 0 Å². The number of amides is 4. The molecule has 0 radical (unpaired) electrons. The van der Waals surface area contributed by atoms with Gasteiger partial charge in [-0.15, -0.1) is 0 Å². The van der Waals surface area contributed by atoms with Gasteiger partial charge in [0, 0.05) is 44.2 Å². The summed E-state index contributed by atoms with van der Waals surface area (Å²) in [6.45, 7) is 5.81. The van der Waals surface area contributed by atoms with Gasteiger partial charge in [0.1, 0.15) is 12.9 Å². The zero-order chi connectivity index (χ0) is 26.1. The monoisotopic (exact) mass is 496 g/mol. The van der Waals surface area contributed by atoms with Gasteiger partial charge in [0.2, 0.25) is 11.8 Å². The molecule has 0 aromatic carbocycles. The lowest BCUT2D eigenvalue weighted by Crippen LogP contribution is -2.39. The molecule has 0 aliphatic carbocycles. The Balaban J connectivity index is 1.94. The minimum absolute atomic E-state index is 0.0319. The van der Waals surface area contributed by atoms with Crippen molar-refractivity contribution in [2.24, 2.45) is 0 Å². The molecule has 35 heavy (non-hydrogen) atoms. The van der Waals surface area contributed by atoms with Crippen molar-refractivity contribution in [2.75, 3.05) is 53.1 Å². The van der Waals surface area contributed by atoms with E-state index in [4.69, 9.17) is 9.47 Å². The van der Waals surface area contributed by atoms with Crippen LogP contribution in [-0.2, 0) is 33.4 Å². The second-order valence-corrected chi connectivity index (χ2v) is 8.40. The quantitative estimate of drug-likeness (QED) is 0.137. The maximum atomic E-state index is 11.8. The van der Waals surface area contributed by atoms with Crippen LogP contribution in [0.4, 0.5) is 0 Å². The van der Waals surface area contributed by atoms with Crippen LogP contribution in [0.25, 0.3) is 0 Å². The Bertz CT molecular complexity index is 711. The van der Waals surface area contributed by atoms with E-state index in [9.17, 15) is 24.0 Å². The molecule has 0 fully saturated rings. The fourth-order valence-electron chi connectivity index (χ4n) is 3.34. The zero-order valence-electron chi connectivity index (χ0n) is 21.1. The van der Waals surface area contributed by atoms with E-state index >= 15 is 0 Å². The summed E-state index contributed by atoms with van der Waals surface area (Å²) in [7, 11) is 1.97. The van der Waals surface area contributed by atoms with Gasteiger partial charge in [0.05, 0.1) is 25.9 Å². The van der Waals surface area contributed by atoms with E-state index in [1.807, 2.05) is 7.05 Å². The number of hydrogen-bond acceptors (Lipinski definition) is 8. The molecule has 0 saturated heterocycles. The highest BCUT2D eigenvalue weighted by Crippen LogP contribution is 2.10. The fraction of sp³-hybridized carbons (Fsp3) is 0.708. The van der Waals surface area contributed by atoms with E-state index in [-0.39, 0.29) is 63.8 Å². The van der Waals surface area contributed by atoms with Crippen LogP contribution >= 0.6 is 0 Å². The average Bonchev–Trinajstić information content (AvgIpc) is 3.17. The van der Waals surface area contributed by atoms with Gasteiger partial charge < -0.3 is 24.9 Å². The molecule has 4 amide bonds. The van der Waals surface area contributed by atoms with Crippen molar-refractivity contribution in [1.29, 1.82) is 0 Å². The molecule has 2 atom stereocenters. The molecule has 2 unspecified atom stereocenters. The van der Waals surface area contributed by atoms with Gasteiger partial charge in [-0.1, -0.05) is 6.92 Å². The van der Waals surface area contributed by atoms with Crippen LogP contribution in [0.2, 0.25) is 0 Å². The number of hydrogen-bond donors (Lipinski definition) is 2. The first kappa shape index (κ1) is 30.4. The highest BCUT2D eigenvalue weighted by molar-refractivity contribution is 6.13. The topological polar surface area (TPSA) is 134 Å². The summed E-state index contributed by atoms with van der Waals surface area (Å²) in [6, 6.07) is 0.259. The molecule has 198 valence electrons. The SMILES string of the molecule is CCC(C)N(C)C(C=O)CCCCNC(=O)COCCOCCNC(=O)CCN1C(=O)C=CC1=O. The van der Waals surface area contributed by atoms with E-state index in [0.717, 1.165) is 36.9 Å². The summed E-state index contributed by atoms with van der Waals surface area (Å²) in [5.41, 5.74) is 0. The minimum atomic E-state index is -0.409. The van der Waals surface area contributed by atoms with E-state index < -0.39 is 11.8 Å². The van der Waals surface area contributed by atoms with Crippen LogP contribution in [0.5, 0.6) is 0 Å². The molecule has 1 heterocycles. The average molecular weight is 497 g/mol. The Morgan fingerprint density at radius 1 is 1.03 bits per heavy atom. The van der Waals surface area contributed by atoms with E-state index in [1.54, 1.807) is 0 Å². The number of likely N-dealkylation sites (N-methyl/N-ethyl adjacent to an activating group) is 1. The number of nitrogens with one attached hydrogen (secondary N) is 2. The van der Waals surface area contributed by atoms with Crippen molar-refractivity contribution in [2.45, 2.75) is 58.0 Å². The number of rotatable bonds is 20. The van der Waals surface area contributed by atoms with Gasteiger partial charge in [-0.2, -0.15) is 0 Å². The summed E-state index contributed by atoms with van der Waals surface area (Å²) >= 11 is 0. The van der Waals surface area contributed by atoms with Crippen molar-refractivity contribution < 1.29 is 33.4 Å². The Kier molecular flexibility index (Phi) is 15.4. The molecule has 0 spiro atoms. The predicted molar refractivity (Wildman–Crippen MR) is 129 cm³/mol. The summed E-state index contributed by atoms with van der Waals surface area (Å²) in [6.07, 6.45) is 6.79. The van der Waals surface area contributed by atoms with Crippen LogP contribution in [-0.4, -0.2) is 105 Å². The molecule has 0 bridgehead atoms. The molecule has 0 saturated carbocycles. The normalized spacial score (nSPS) is 14.9. The standard InChI is InChI=1S/C24H40N4O7/c1-4-19(2)27(3)20(17-29)7-5-6-11-25-22(31)18-35-16-15-34-14-12-26-21(30)10-13-28-23(32)8-9-24(28)33/h8-9,17,19-20H,4-7,10-16,18H2,1-3H3,(H,25,31)(H,26,30). The first-order chi connectivity index (χ1) is 16.8. The van der Waals surface area contributed by atoms with E-state index in [2.05, 4.69) is 29.4 Å². The highest BCUT2D eigenvalue weighted by atomic mass is 16.5. The Labute approximate surface area is 207 Å². The summed E-state index contributed by atoms with van der Waals surface area (Å²) in [5, 5.41) is 5.44. The summed E-state index contributed by atoms with van der Waals surface area (Å²) < 4.78 is 10.6. The molecule has 1 rings (SSSR count). The van der Waals surface area contributed by atoms with Gasteiger partial charge in [-0.25, -0.2) is 0 Å². The predicted octanol–water partition coefficient (Wildman–Crippen LogP) is 0.0352. The Morgan fingerprint density at radius 2 is 1.69 bits per heavy atom. The number of ether oxygens (including phenoxy) is 2. The summed E-state index contributed by atoms with van der Waals surface area (Å²) in [4.78, 5) is 60.8. The third kappa shape index (κ3) is 12.6. The molecule has 1 aliphatic rings. The van der Waals surface area contributed by atoms with Gasteiger partial charge in [0.15, 0.2) is 0 Å². The molecule has 2 N–H and O–H groups in total. The molecular formula is C24H40N4O7. The van der Waals surface area contributed by atoms with Crippen molar-refractivity contribution in [3.05, 3.63) is 12.2 Å². The molecular weight excluding hydrogens is 456 g/mol. The van der Waals surface area contributed by atoms with Gasteiger partial charge in [-0.05, 0) is 39.7 Å². The van der Waals surface area contributed by atoms with E-state index in [1.165, 1.54) is 12.2 Å². The maximum Gasteiger partial charge on any atom is 0.253 e. The Morgan fingerprint density at radius 3 is 2.34 bits per heavy atom. The molecule has 0 aromatic rings. The zero-order valence-corrected chi connectivity index (χ0v) is 21.1. The van der Waals surface area contributed by atoms with E-state index in [0.29, 0.717) is 12.6 Å². The largest absolute Gasteiger partial charge is 0.377 e. The van der Waals surface area contributed by atoms with Gasteiger partial charge >= 0.3 is 0 Å². The van der Waals surface area contributed by atoms with Crippen molar-refractivity contribution in [3.63, 3.8) is 0 Å². The number of aldehydes is 1. The van der Waals surface area contributed by atoms with Gasteiger partial charge in [0.25, 0.3) is 11.8 Å². The fourth-order valence-corrected chi connectivity index (χ4v) is 3.34. The third-order valence-electron chi connectivity index (χ3n) is 5.85. The maximum absolute atomic E-state index is 11.8. The number of nitrogens with zero attached hydrogens (tertiary/aromatic N) is 2. The first-order valence-electron chi connectivity index (χ1n) is 12.2. The number of carbonyl (C=O) groups excluding carboxylic acids is 5. The number of unbranched alkanes of at least 4 members (excludes halogenated alkanes) is 1. The molecule has 11 nitrogen and oxygen atoms in total. The molecule has 1 aliphatic heterocycles. The lowest BCUT2D eigenvalue weighted by Gasteiger charge is -2.29. The minimum Gasteiger partial charge on any atom is -0.377 e. The van der Waals surface area contributed by atoms with Crippen LogP contribution < -0.4 is 10.6 Å². The van der Waals surface area contributed by atoms with Crippen LogP contribution in [0, 0.1) is 0 Å². The van der Waals surface area contributed by atoms with Crippen LogP contribution in [0.15, 0.2) is 12.2 Å². The third-order valence-corrected chi connectivity index (χ3v) is 5.85. The van der Waals surface area contributed by atoms with Crippen LogP contribution in [0.1, 0.15) is 46.0 Å². The smallest absolute Gasteiger partial charge is 0.253 e. The first-order valence-corrected chi connectivity index (χ1v) is 12.2. The number of carbonyl (C=O) groups is 5. The highest BCUT2D eigenvalue weighted by Gasteiger charge is 2.23. The molecule has 11 heteroatoms. The lowest BCUT2D eigenvalue weighted by atomic mass is 10.1.